The number of rotatable bonds is 2. The van der Waals surface area contributed by atoms with Gasteiger partial charge in [-0.15, -0.1) is 0 Å². The molecule has 2 N–H and O–H groups in total. The first-order valence-corrected chi connectivity index (χ1v) is 4.68. The lowest BCUT2D eigenvalue weighted by molar-refractivity contribution is -0.0733. The molecule has 0 atom stereocenters. The molecule has 1 rings (SSSR count). The van der Waals surface area contributed by atoms with Crippen molar-refractivity contribution in [2.45, 2.75) is 20.4 Å². The van der Waals surface area contributed by atoms with Crippen molar-refractivity contribution in [1.82, 2.24) is 5.06 Å². The molecule has 0 aromatic heterocycles. The zero-order valence-electron chi connectivity index (χ0n) is 8.50. The van der Waals surface area contributed by atoms with E-state index in [1.807, 2.05) is 13.0 Å². The SMILES string of the molecule is Cc1cc(CN(C)O)c(C)c(Cl)c1O. The Morgan fingerprint density at radius 2 is 2.00 bits per heavy atom. The van der Waals surface area contributed by atoms with Crippen LogP contribution in [0.15, 0.2) is 6.07 Å². The van der Waals surface area contributed by atoms with E-state index in [0.29, 0.717) is 11.6 Å². The van der Waals surface area contributed by atoms with E-state index in [-0.39, 0.29) is 5.75 Å². The average molecular weight is 216 g/mol. The summed E-state index contributed by atoms with van der Waals surface area (Å²) >= 11 is 5.92. The maximum Gasteiger partial charge on any atom is 0.137 e. The highest BCUT2D eigenvalue weighted by Crippen LogP contribution is 2.32. The molecule has 0 fully saturated rings. The minimum absolute atomic E-state index is 0.119. The molecule has 78 valence electrons. The van der Waals surface area contributed by atoms with Crippen LogP contribution in [0.25, 0.3) is 0 Å². The van der Waals surface area contributed by atoms with Crippen molar-refractivity contribution in [2.24, 2.45) is 0 Å². The van der Waals surface area contributed by atoms with Gasteiger partial charge in [0.1, 0.15) is 5.75 Å². The fraction of sp³-hybridized carbons (Fsp3) is 0.400. The lowest BCUT2D eigenvalue weighted by atomic mass is 10.0. The van der Waals surface area contributed by atoms with Gasteiger partial charge in [-0.05, 0) is 30.5 Å². The Morgan fingerprint density at radius 3 is 2.50 bits per heavy atom. The van der Waals surface area contributed by atoms with Crippen molar-refractivity contribution < 1.29 is 10.3 Å². The van der Waals surface area contributed by atoms with E-state index in [0.717, 1.165) is 21.8 Å². The van der Waals surface area contributed by atoms with E-state index in [1.165, 1.54) is 0 Å². The average Bonchev–Trinajstić information content (AvgIpc) is 2.10. The van der Waals surface area contributed by atoms with Crippen LogP contribution in [0.1, 0.15) is 16.7 Å². The van der Waals surface area contributed by atoms with E-state index in [1.54, 1.807) is 14.0 Å². The first kappa shape index (κ1) is 11.3. The monoisotopic (exact) mass is 215 g/mol. The summed E-state index contributed by atoms with van der Waals surface area (Å²) < 4.78 is 0. The number of nitrogens with zero attached hydrogens (tertiary/aromatic N) is 1. The lowest BCUT2D eigenvalue weighted by Crippen LogP contribution is -2.12. The highest BCUT2D eigenvalue weighted by molar-refractivity contribution is 6.33. The molecular formula is C10H14ClNO2. The van der Waals surface area contributed by atoms with Crippen molar-refractivity contribution in [3.05, 3.63) is 27.8 Å². The van der Waals surface area contributed by atoms with Gasteiger partial charge >= 0.3 is 0 Å². The molecule has 0 heterocycles. The fourth-order valence-electron chi connectivity index (χ4n) is 1.34. The van der Waals surface area contributed by atoms with Gasteiger partial charge < -0.3 is 10.3 Å². The van der Waals surface area contributed by atoms with Gasteiger partial charge in [0.25, 0.3) is 0 Å². The van der Waals surface area contributed by atoms with Crippen molar-refractivity contribution in [3.8, 4) is 5.75 Å². The topological polar surface area (TPSA) is 43.7 Å². The molecule has 1 aromatic rings. The zero-order chi connectivity index (χ0) is 10.9. The molecule has 0 radical (unpaired) electrons. The molecule has 0 aliphatic heterocycles. The summed E-state index contributed by atoms with van der Waals surface area (Å²) in [6, 6.07) is 1.82. The number of phenols is 1. The predicted molar refractivity (Wildman–Crippen MR) is 55.8 cm³/mol. The quantitative estimate of drug-likeness (QED) is 0.745. The number of hydroxylamine groups is 2. The van der Waals surface area contributed by atoms with Gasteiger partial charge in [0, 0.05) is 13.6 Å². The summed E-state index contributed by atoms with van der Waals surface area (Å²) in [5.41, 5.74) is 2.43. The smallest absolute Gasteiger partial charge is 0.137 e. The maximum atomic E-state index is 9.54. The maximum absolute atomic E-state index is 9.54. The summed E-state index contributed by atoms with van der Waals surface area (Å²) in [7, 11) is 1.57. The Morgan fingerprint density at radius 1 is 1.43 bits per heavy atom. The van der Waals surface area contributed by atoms with Gasteiger partial charge in [0.15, 0.2) is 0 Å². The van der Waals surface area contributed by atoms with Crippen molar-refractivity contribution in [3.63, 3.8) is 0 Å². The Bertz CT molecular complexity index is 350. The van der Waals surface area contributed by atoms with Gasteiger partial charge in [-0.1, -0.05) is 17.7 Å². The second-order valence-electron chi connectivity index (χ2n) is 3.46. The molecule has 4 heteroatoms. The van der Waals surface area contributed by atoms with Crippen LogP contribution in [0, 0.1) is 13.8 Å². The molecule has 0 saturated heterocycles. The molecule has 0 aliphatic carbocycles. The van der Waals surface area contributed by atoms with Gasteiger partial charge in [-0.3, -0.25) is 0 Å². The van der Waals surface area contributed by atoms with Gasteiger partial charge in [-0.25, -0.2) is 0 Å². The number of aromatic hydroxyl groups is 1. The molecule has 0 amide bonds. The van der Waals surface area contributed by atoms with Crippen LogP contribution in [0.2, 0.25) is 5.02 Å². The second-order valence-corrected chi connectivity index (χ2v) is 3.83. The third kappa shape index (κ3) is 2.18. The number of aryl methyl sites for hydroxylation is 1. The Balaban J connectivity index is 3.19. The van der Waals surface area contributed by atoms with Crippen molar-refractivity contribution >= 4 is 11.6 Å². The van der Waals surface area contributed by atoms with Crippen LogP contribution in [-0.2, 0) is 6.54 Å². The highest BCUT2D eigenvalue weighted by atomic mass is 35.5. The van der Waals surface area contributed by atoms with E-state index >= 15 is 0 Å². The predicted octanol–water partition coefficient (Wildman–Crippen LogP) is 2.48. The third-order valence-electron chi connectivity index (χ3n) is 2.18. The Kier molecular flexibility index (Phi) is 3.37. The van der Waals surface area contributed by atoms with Crippen molar-refractivity contribution in [1.29, 1.82) is 0 Å². The van der Waals surface area contributed by atoms with E-state index in [2.05, 4.69) is 0 Å². The van der Waals surface area contributed by atoms with Crippen LogP contribution in [0.5, 0.6) is 5.75 Å². The summed E-state index contributed by atoms with van der Waals surface area (Å²) in [6.45, 7) is 3.99. The van der Waals surface area contributed by atoms with Crippen LogP contribution in [0.4, 0.5) is 0 Å². The van der Waals surface area contributed by atoms with Crippen molar-refractivity contribution in [2.75, 3.05) is 7.05 Å². The number of hydrogen-bond acceptors (Lipinski definition) is 3. The zero-order valence-corrected chi connectivity index (χ0v) is 9.26. The van der Waals surface area contributed by atoms with Crippen LogP contribution >= 0.6 is 11.6 Å². The minimum atomic E-state index is 0.119. The fourth-order valence-corrected chi connectivity index (χ4v) is 1.61. The molecule has 0 aliphatic rings. The summed E-state index contributed by atoms with van der Waals surface area (Å²) in [6.07, 6.45) is 0. The number of halogens is 1. The van der Waals surface area contributed by atoms with Gasteiger partial charge in [0.2, 0.25) is 0 Å². The first-order valence-electron chi connectivity index (χ1n) is 4.31. The third-order valence-corrected chi connectivity index (χ3v) is 2.64. The number of benzene rings is 1. The molecule has 0 spiro atoms. The standard InChI is InChI=1S/C10H14ClNO2/c1-6-4-8(5-12(3)14)7(2)9(11)10(6)13/h4,13-14H,5H2,1-3H3. The molecule has 0 saturated carbocycles. The van der Waals surface area contributed by atoms with Crippen LogP contribution in [0.3, 0.4) is 0 Å². The van der Waals surface area contributed by atoms with Gasteiger partial charge in [0.05, 0.1) is 5.02 Å². The number of hydrogen-bond donors (Lipinski definition) is 2. The van der Waals surface area contributed by atoms with Crippen LogP contribution < -0.4 is 0 Å². The summed E-state index contributed by atoms with van der Waals surface area (Å²) in [5, 5.41) is 20.1. The summed E-state index contributed by atoms with van der Waals surface area (Å²) in [4.78, 5) is 0. The second kappa shape index (κ2) is 4.17. The molecule has 14 heavy (non-hydrogen) atoms. The minimum Gasteiger partial charge on any atom is -0.506 e. The van der Waals surface area contributed by atoms with Crippen LogP contribution in [-0.4, -0.2) is 22.4 Å². The molecule has 0 bridgehead atoms. The Hall–Kier alpha value is -0.770. The largest absolute Gasteiger partial charge is 0.506 e. The number of phenolic OH excluding ortho intramolecular Hbond substituents is 1. The summed E-state index contributed by atoms with van der Waals surface area (Å²) in [5.74, 6) is 0.119. The highest BCUT2D eigenvalue weighted by Gasteiger charge is 2.11. The molecule has 0 unspecified atom stereocenters. The molecule has 3 nitrogen and oxygen atoms in total. The van der Waals surface area contributed by atoms with E-state index in [4.69, 9.17) is 16.8 Å². The molecular weight excluding hydrogens is 202 g/mol. The molecule has 1 aromatic carbocycles. The first-order chi connectivity index (χ1) is 6.43. The van der Waals surface area contributed by atoms with Gasteiger partial charge in [-0.2, -0.15) is 5.06 Å². The normalized spacial score (nSPS) is 11.0. The van der Waals surface area contributed by atoms with E-state index in [9.17, 15) is 5.11 Å². The lowest BCUT2D eigenvalue weighted by Gasteiger charge is -2.14. The Labute approximate surface area is 88.5 Å². The van der Waals surface area contributed by atoms with E-state index < -0.39 is 0 Å².